The highest BCUT2D eigenvalue weighted by atomic mass is 35.5. The first-order valence-electron chi connectivity index (χ1n) is 9.21. The van der Waals surface area contributed by atoms with Crippen LogP contribution >= 0.6 is 11.6 Å². The van der Waals surface area contributed by atoms with Crippen molar-refractivity contribution in [2.45, 2.75) is 19.9 Å². The Balaban J connectivity index is 1.57. The first-order chi connectivity index (χ1) is 13.3. The number of piperazine rings is 1. The molecule has 7 heteroatoms. The molecule has 0 bridgehead atoms. The Morgan fingerprint density at radius 3 is 2.50 bits per heavy atom. The van der Waals surface area contributed by atoms with Crippen molar-refractivity contribution in [2.75, 3.05) is 31.5 Å². The lowest BCUT2D eigenvalue weighted by molar-refractivity contribution is -0.121. The van der Waals surface area contributed by atoms with Crippen LogP contribution in [0.1, 0.15) is 22.8 Å². The van der Waals surface area contributed by atoms with Crippen LogP contribution in [0.25, 0.3) is 0 Å². The Kier molecular flexibility index (Phi) is 6.31. The summed E-state index contributed by atoms with van der Waals surface area (Å²) in [6.45, 7) is 5.87. The second kappa shape index (κ2) is 8.71. The predicted molar refractivity (Wildman–Crippen MR) is 108 cm³/mol. The maximum absolute atomic E-state index is 13.4. The van der Waals surface area contributed by atoms with E-state index in [1.807, 2.05) is 18.7 Å². The molecule has 2 aromatic carbocycles. The van der Waals surface area contributed by atoms with Gasteiger partial charge in [-0.3, -0.25) is 14.5 Å². The van der Waals surface area contributed by atoms with Gasteiger partial charge in [0, 0.05) is 42.5 Å². The molecule has 0 spiro atoms. The minimum absolute atomic E-state index is 0.0605. The Morgan fingerprint density at radius 2 is 1.82 bits per heavy atom. The molecule has 1 aliphatic rings. The smallest absolute Gasteiger partial charge is 0.253 e. The van der Waals surface area contributed by atoms with Crippen molar-refractivity contribution in [3.05, 3.63) is 64.4 Å². The minimum Gasteiger partial charge on any atom is -0.336 e. The van der Waals surface area contributed by atoms with Crippen molar-refractivity contribution in [1.82, 2.24) is 9.80 Å². The van der Waals surface area contributed by atoms with E-state index in [4.69, 9.17) is 11.6 Å². The normalized spacial score (nSPS) is 15.9. The summed E-state index contributed by atoms with van der Waals surface area (Å²) in [6.07, 6.45) is 0. The van der Waals surface area contributed by atoms with E-state index in [1.54, 1.807) is 35.2 Å². The molecule has 148 valence electrons. The van der Waals surface area contributed by atoms with Crippen LogP contribution in [0, 0.1) is 12.7 Å². The number of carbonyl (C=O) groups excluding carboxylic acids is 2. The van der Waals surface area contributed by atoms with Crippen molar-refractivity contribution in [3.8, 4) is 0 Å². The second-order valence-corrected chi connectivity index (χ2v) is 7.40. The number of hydrogen-bond donors (Lipinski definition) is 1. The van der Waals surface area contributed by atoms with E-state index in [2.05, 4.69) is 5.32 Å². The number of amides is 2. The van der Waals surface area contributed by atoms with Crippen LogP contribution in [0.2, 0.25) is 5.02 Å². The number of carbonyl (C=O) groups is 2. The Morgan fingerprint density at radius 1 is 1.11 bits per heavy atom. The van der Waals surface area contributed by atoms with E-state index < -0.39 is 0 Å². The van der Waals surface area contributed by atoms with E-state index in [0.29, 0.717) is 42.5 Å². The fourth-order valence-electron chi connectivity index (χ4n) is 3.25. The van der Waals surface area contributed by atoms with Gasteiger partial charge < -0.3 is 10.2 Å². The van der Waals surface area contributed by atoms with Gasteiger partial charge in [0.15, 0.2) is 0 Å². The highest BCUT2D eigenvalue weighted by Gasteiger charge is 2.28. The third kappa shape index (κ3) is 4.69. The third-order valence-electron chi connectivity index (χ3n) is 5.06. The molecule has 5 nitrogen and oxygen atoms in total. The number of hydrogen-bond acceptors (Lipinski definition) is 3. The van der Waals surface area contributed by atoms with Gasteiger partial charge in [0.25, 0.3) is 5.91 Å². The molecule has 1 fully saturated rings. The molecule has 0 aliphatic carbocycles. The number of benzene rings is 2. The summed E-state index contributed by atoms with van der Waals surface area (Å²) in [5.41, 5.74) is 1.85. The molecule has 0 radical (unpaired) electrons. The SMILES string of the molecule is Cc1ccc(F)cc1NC(=O)C(C)N1CCN(C(=O)c2cccc(Cl)c2)CC1. The van der Waals surface area contributed by atoms with Crippen molar-refractivity contribution < 1.29 is 14.0 Å². The number of rotatable bonds is 4. The first kappa shape index (κ1) is 20.3. The lowest BCUT2D eigenvalue weighted by Gasteiger charge is -2.37. The van der Waals surface area contributed by atoms with Crippen LogP contribution in [0.4, 0.5) is 10.1 Å². The number of nitrogens with zero attached hydrogens (tertiary/aromatic N) is 2. The van der Waals surface area contributed by atoms with Crippen molar-refractivity contribution in [1.29, 1.82) is 0 Å². The van der Waals surface area contributed by atoms with E-state index in [1.165, 1.54) is 12.1 Å². The Bertz CT molecular complexity index is 882. The third-order valence-corrected chi connectivity index (χ3v) is 5.29. The predicted octanol–water partition coefficient (Wildman–Crippen LogP) is 3.57. The standard InChI is InChI=1S/C21H23ClFN3O2/c1-14-6-7-18(23)13-19(14)24-20(27)15(2)25-8-10-26(11-9-25)21(28)16-4-3-5-17(22)12-16/h3-7,12-13,15H,8-11H2,1-2H3,(H,24,27). The van der Waals surface area contributed by atoms with Gasteiger partial charge in [-0.15, -0.1) is 0 Å². The molecule has 0 saturated carbocycles. The summed E-state index contributed by atoms with van der Waals surface area (Å²) in [5.74, 6) is -0.639. The average molecular weight is 404 g/mol. The quantitative estimate of drug-likeness (QED) is 0.849. The molecule has 2 aromatic rings. The maximum atomic E-state index is 13.4. The summed E-state index contributed by atoms with van der Waals surface area (Å²) in [4.78, 5) is 29.0. The summed E-state index contributed by atoms with van der Waals surface area (Å²) in [7, 11) is 0. The lowest BCUT2D eigenvalue weighted by atomic mass is 10.1. The van der Waals surface area contributed by atoms with E-state index in [0.717, 1.165) is 5.56 Å². The van der Waals surface area contributed by atoms with Gasteiger partial charge in [-0.25, -0.2) is 4.39 Å². The molecule has 1 aliphatic heterocycles. The molecule has 3 rings (SSSR count). The zero-order valence-corrected chi connectivity index (χ0v) is 16.7. The summed E-state index contributed by atoms with van der Waals surface area (Å²) in [6, 6.07) is 10.8. The molecule has 1 atom stereocenters. The number of nitrogens with one attached hydrogen (secondary N) is 1. The van der Waals surface area contributed by atoms with Gasteiger partial charge in [-0.05, 0) is 49.7 Å². The fraction of sp³-hybridized carbons (Fsp3) is 0.333. The molecule has 2 amide bonds. The molecular weight excluding hydrogens is 381 g/mol. The van der Waals surface area contributed by atoms with Crippen LogP contribution in [0.5, 0.6) is 0 Å². The largest absolute Gasteiger partial charge is 0.336 e. The van der Waals surface area contributed by atoms with Gasteiger partial charge in [-0.1, -0.05) is 23.7 Å². The Labute approximate surface area is 169 Å². The van der Waals surface area contributed by atoms with E-state index in [9.17, 15) is 14.0 Å². The Hall–Kier alpha value is -2.44. The molecule has 1 N–H and O–H groups in total. The molecule has 1 saturated heterocycles. The zero-order valence-electron chi connectivity index (χ0n) is 15.9. The molecule has 28 heavy (non-hydrogen) atoms. The fourth-order valence-corrected chi connectivity index (χ4v) is 3.44. The number of halogens is 2. The van der Waals surface area contributed by atoms with Crippen molar-refractivity contribution >= 4 is 29.1 Å². The average Bonchev–Trinajstić information content (AvgIpc) is 2.69. The molecule has 0 aromatic heterocycles. The summed E-state index contributed by atoms with van der Waals surface area (Å²) >= 11 is 5.97. The van der Waals surface area contributed by atoms with Crippen LogP contribution < -0.4 is 5.32 Å². The van der Waals surface area contributed by atoms with Crippen LogP contribution in [0.15, 0.2) is 42.5 Å². The second-order valence-electron chi connectivity index (χ2n) is 6.96. The molecular formula is C21H23ClFN3O2. The maximum Gasteiger partial charge on any atom is 0.253 e. The number of anilines is 1. The van der Waals surface area contributed by atoms with Gasteiger partial charge in [0.05, 0.1) is 6.04 Å². The van der Waals surface area contributed by atoms with Crippen molar-refractivity contribution in [2.24, 2.45) is 0 Å². The lowest BCUT2D eigenvalue weighted by Crippen LogP contribution is -2.54. The van der Waals surface area contributed by atoms with Gasteiger partial charge in [0.1, 0.15) is 5.82 Å². The van der Waals surface area contributed by atoms with Crippen LogP contribution in [-0.4, -0.2) is 53.8 Å². The summed E-state index contributed by atoms with van der Waals surface area (Å²) in [5, 5.41) is 3.33. The zero-order chi connectivity index (χ0) is 20.3. The highest BCUT2D eigenvalue weighted by molar-refractivity contribution is 6.30. The van der Waals surface area contributed by atoms with Crippen molar-refractivity contribution in [3.63, 3.8) is 0 Å². The topological polar surface area (TPSA) is 52.7 Å². The van der Waals surface area contributed by atoms with Gasteiger partial charge in [0.2, 0.25) is 5.91 Å². The molecule has 1 unspecified atom stereocenters. The minimum atomic E-state index is -0.387. The van der Waals surface area contributed by atoms with E-state index >= 15 is 0 Å². The van der Waals surface area contributed by atoms with Crippen LogP contribution in [-0.2, 0) is 4.79 Å². The van der Waals surface area contributed by atoms with E-state index in [-0.39, 0.29) is 23.7 Å². The highest BCUT2D eigenvalue weighted by Crippen LogP contribution is 2.18. The number of aryl methyl sites for hydroxylation is 1. The van der Waals surface area contributed by atoms with Crippen LogP contribution in [0.3, 0.4) is 0 Å². The summed E-state index contributed by atoms with van der Waals surface area (Å²) < 4.78 is 13.4. The van der Waals surface area contributed by atoms with Gasteiger partial charge >= 0.3 is 0 Å². The molecule has 1 heterocycles. The van der Waals surface area contributed by atoms with Gasteiger partial charge in [-0.2, -0.15) is 0 Å². The monoisotopic (exact) mass is 403 g/mol. The first-order valence-corrected chi connectivity index (χ1v) is 9.59.